The van der Waals surface area contributed by atoms with Gasteiger partial charge in [0.2, 0.25) is 0 Å². The molecule has 0 aromatic carbocycles. The summed E-state index contributed by atoms with van der Waals surface area (Å²) >= 11 is 0. The maximum atomic E-state index is 11.0. The zero-order chi connectivity index (χ0) is 9.28. The average Bonchev–Trinajstić information content (AvgIpc) is 1.83. The summed E-state index contributed by atoms with van der Waals surface area (Å²) < 4.78 is 24.8. The monoisotopic (exact) mass is 180 g/mol. The Morgan fingerprint density at radius 1 is 1.36 bits per heavy atom. The molecule has 0 N–H and O–H groups in total. The van der Waals surface area contributed by atoms with Crippen molar-refractivity contribution in [2.75, 3.05) is 13.4 Å². The van der Waals surface area contributed by atoms with Crippen molar-refractivity contribution < 1.29 is 17.9 Å². The Morgan fingerprint density at radius 2 is 1.73 bits per heavy atom. The van der Waals surface area contributed by atoms with Crippen molar-refractivity contribution in [3.05, 3.63) is 0 Å². The van der Waals surface area contributed by atoms with Gasteiger partial charge in [0.05, 0.1) is 7.11 Å². The van der Waals surface area contributed by atoms with Crippen molar-refractivity contribution in [1.29, 1.82) is 0 Å². The molecular weight excluding hydrogens is 168 g/mol. The van der Waals surface area contributed by atoms with E-state index >= 15 is 0 Å². The molecule has 0 aromatic rings. The highest BCUT2D eigenvalue weighted by molar-refractivity contribution is 7.92. The molecule has 0 unspecified atom stereocenters. The summed E-state index contributed by atoms with van der Waals surface area (Å²) in [5.74, 6) is -0.736. The molecule has 0 atom stereocenters. The molecule has 0 aliphatic carbocycles. The van der Waals surface area contributed by atoms with E-state index in [0.717, 1.165) is 13.4 Å². The van der Waals surface area contributed by atoms with Gasteiger partial charge in [-0.3, -0.25) is 4.79 Å². The van der Waals surface area contributed by atoms with Crippen molar-refractivity contribution in [3.8, 4) is 0 Å². The Hall–Kier alpha value is -0.580. The number of sulfone groups is 1. The van der Waals surface area contributed by atoms with Crippen LogP contribution >= 0.6 is 0 Å². The Labute approximate surface area is 66.5 Å². The zero-order valence-electron chi connectivity index (χ0n) is 7.04. The van der Waals surface area contributed by atoms with Gasteiger partial charge in [-0.15, -0.1) is 0 Å². The summed E-state index contributed by atoms with van der Waals surface area (Å²) in [6.07, 6.45) is 1.00. The number of carbonyl (C=O) groups excluding carboxylic acids is 1. The molecule has 0 saturated carbocycles. The molecule has 0 bridgehead atoms. The lowest BCUT2D eigenvalue weighted by Crippen LogP contribution is -2.40. The second kappa shape index (κ2) is 2.81. The summed E-state index contributed by atoms with van der Waals surface area (Å²) in [7, 11) is -2.23. The molecule has 0 radical (unpaired) electrons. The van der Waals surface area contributed by atoms with Gasteiger partial charge < -0.3 is 4.74 Å². The molecule has 0 saturated heterocycles. The van der Waals surface area contributed by atoms with Crippen LogP contribution in [-0.2, 0) is 19.4 Å². The summed E-state index contributed by atoms with van der Waals surface area (Å²) in [6.45, 7) is 2.63. The van der Waals surface area contributed by atoms with Crippen molar-refractivity contribution in [2.24, 2.45) is 0 Å². The number of hydrogen-bond acceptors (Lipinski definition) is 4. The molecule has 0 fully saturated rings. The van der Waals surface area contributed by atoms with Crippen LogP contribution in [0.3, 0.4) is 0 Å². The summed E-state index contributed by atoms with van der Waals surface area (Å²) in [4.78, 5) is 10.9. The normalized spacial score (nSPS) is 12.7. The van der Waals surface area contributed by atoms with Gasteiger partial charge in [0, 0.05) is 6.26 Å². The molecule has 0 rings (SSSR count). The van der Waals surface area contributed by atoms with E-state index in [0.29, 0.717) is 0 Å². The lowest BCUT2D eigenvalue weighted by Gasteiger charge is -2.18. The second-order valence-electron chi connectivity index (χ2n) is 2.77. The van der Waals surface area contributed by atoms with Crippen molar-refractivity contribution >= 4 is 15.8 Å². The lowest BCUT2D eigenvalue weighted by atomic mass is 10.2. The van der Waals surface area contributed by atoms with E-state index in [9.17, 15) is 13.2 Å². The minimum absolute atomic E-state index is 0.736. The van der Waals surface area contributed by atoms with Crippen LogP contribution in [0, 0.1) is 0 Å². The quantitative estimate of drug-likeness (QED) is 0.560. The summed E-state index contributed by atoms with van der Waals surface area (Å²) in [5.41, 5.74) is 0. The molecule has 0 aliphatic rings. The molecule has 0 heterocycles. The molecule has 5 heteroatoms. The lowest BCUT2D eigenvalue weighted by molar-refractivity contribution is -0.142. The molecule has 4 nitrogen and oxygen atoms in total. The number of rotatable bonds is 2. The van der Waals surface area contributed by atoms with Gasteiger partial charge in [0.1, 0.15) is 0 Å². The smallest absolute Gasteiger partial charge is 0.326 e. The van der Waals surface area contributed by atoms with Gasteiger partial charge in [-0.2, -0.15) is 0 Å². The first-order chi connectivity index (χ1) is 4.73. The van der Waals surface area contributed by atoms with Gasteiger partial charge in [-0.25, -0.2) is 8.42 Å². The Morgan fingerprint density at radius 3 is 1.82 bits per heavy atom. The van der Waals surface area contributed by atoms with Crippen LogP contribution in [0.15, 0.2) is 0 Å². The number of carbonyl (C=O) groups is 1. The molecule has 0 amide bonds. The maximum absolute atomic E-state index is 11.0. The van der Waals surface area contributed by atoms with Crippen LogP contribution in [0.1, 0.15) is 13.8 Å². The molecule has 66 valence electrons. The van der Waals surface area contributed by atoms with Crippen LogP contribution in [-0.4, -0.2) is 32.5 Å². The van der Waals surface area contributed by atoms with Crippen molar-refractivity contribution in [2.45, 2.75) is 18.6 Å². The highest BCUT2D eigenvalue weighted by Crippen LogP contribution is 2.16. The molecule has 0 aliphatic heterocycles. The Kier molecular flexibility index (Phi) is 2.66. The standard InChI is InChI=1S/C6H12O4S/c1-6(2,5(7)10-3)11(4,8)9/h1-4H3. The molecule has 0 aromatic heterocycles. The van der Waals surface area contributed by atoms with E-state index < -0.39 is 20.6 Å². The van der Waals surface area contributed by atoms with Crippen molar-refractivity contribution in [1.82, 2.24) is 0 Å². The fraction of sp³-hybridized carbons (Fsp3) is 0.833. The van der Waals surface area contributed by atoms with Gasteiger partial charge in [0.15, 0.2) is 14.6 Å². The summed E-state index contributed by atoms with van der Waals surface area (Å²) in [5, 5.41) is 0. The molecule has 0 spiro atoms. The SMILES string of the molecule is COC(=O)C(C)(C)S(C)(=O)=O. The first-order valence-electron chi connectivity index (χ1n) is 3.01. The van der Waals surface area contributed by atoms with E-state index in [4.69, 9.17) is 0 Å². The molecular formula is C6H12O4S. The third-order valence-electron chi connectivity index (χ3n) is 1.60. The Balaban J connectivity index is 4.90. The number of ether oxygens (including phenoxy) is 1. The summed E-state index contributed by atoms with van der Waals surface area (Å²) in [6, 6.07) is 0. The van der Waals surface area contributed by atoms with Gasteiger partial charge in [-0.1, -0.05) is 0 Å². The fourth-order valence-electron chi connectivity index (χ4n) is 0.397. The van der Waals surface area contributed by atoms with Crippen LogP contribution in [0.2, 0.25) is 0 Å². The zero-order valence-corrected chi connectivity index (χ0v) is 7.86. The minimum Gasteiger partial charge on any atom is -0.468 e. The first kappa shape index (κ1) is 10.4. The topological polar surface area (TPSA) is 60.4 Å². The van der Waals surface area contributed by atoms with E-state index in [1.54, 1.807) is 0 Å². The first-order valence-corrected chi connectivity index (χ1v) is 4.90. The van der Waals surface area contributed by atoms with Crippen LogP contribution in [0.4, 0.5) is 0 Å². The average molecular weight is 180 g/mol. The van der Waals surface area contributed by atoms with Crippen molar-refractivity contribution in [3.63, 3.8) is 0 Å². The number of hydrogen-bond donors (Lipinski definition) is 0. The predicted octanol–water partition coefficient (Wildman–Crippen LogP) is -0.0174. The third-order valence-corrected chi connectivity index (χ3v) is 3.62. The second-order valence-corrected chi connectivity index (χ2v) is 5.34. The van der Waals surface area contributed by atoms with Crippen LogP contribution < -0.4 is 0 Å². The predicted molar refractivity (Wildman–Crippen MR) is 40.9 cm³/mol. The third kappa shape index (κ3) is 1.92. The van der Waals surface area contributed by atoms with Crippen LogP contribution in [0.5, 0.6) is 0 Å². The fourth-order valence-corrected chi connectivity index (χ4v) is 0.783. The minimum atomic E-state index is -3.39. The highest BCUT2D eigenvalue weighted by Gasteiger charge is 2.39. The van der Waals surface area contributed by atoms with E-state index in [1.165, 1.54) is 13.8 Å². The number of esters is 1. The molecule has 11 heavy (non-hydrogen) atoms. The Bertz CT molecular complexity index is 250. The van der Waals surface area contributed by atoms with Gasteiger partial charge >= 0.3 is 5.97 Å². The highest BCUT2D eigenvalue weighted by atomic mass is 32.2. The largest absolute Gasteiger partial charge is 0.468 e. The number of methoxy groups -OCH3 is 1. The maximum Gasteiger partial charge on any atom is 0.326 e. The van der Waals surface area contributed by atoms with E-state index in [2.05, 4.69) is 4.74 Å². The van der Waals surface area contributed by atoms with E-state index in [1.807, 2.05) is 0 Å². The van der Waals surface area contributed by atoms with Gasteiger partial charge in [0.25, 0.3) is 0 Å². The van der Waals surface area contributed by atoms with Crippen LogP contribution in [0.25, 0.3) is 0 Å². The van der Waals surface area contributed by atoms with Gasteiger partial charge in [-0.05, 0) is 13.8 Å². The van der Waals surface area contributed by atoms with E-state index in [-0.39, 0.29) is 0 Å².